The first-order valence-corrected chi connectivity index (χ1v) is 6.58. The summed E-state index contributed by atoms with van der Waals surface area (Å²) in [6.45, 7) is 8.81. The number of hydrogen-bond acceptors (Lipinski definition) is 3. The monoisotopic (exact) mass is 216 g/mol. The van der Waals surface area contributed by atoms with Crippen molar-refractivity contribution in [1.29, 1.82) is 0 Å². The van der Waals surface area contributed by atoms with Gasteiger partial charge in [0.1, 0.15) is 0 Å². The summed E-state index contributed by atoms with van der Waals surface area (Å²) in [4.78, 5) is 2.48. The van der Waals surface area contributed by atoms with Crippen molar-refractivity contribution in [2.24, 2.45) is 11.7 Å². The molecule has 1 fully saturated rings. The summed E-state index contributed by atoms with van der Waals surface area (Å²) in [5, 5.41) is 0.771. The predicted molar refractivity (Wildman–Crippen MR) is 65.8 cm³/mol. The van der Waals surface area contributed by atoms with Gasteiger partial charge in [0.15, 0.2) is 0 Å². The molecule has 2 N–H and O–H groups in total. The van der Waals surface area contributed by atoms with Crippen LogP contribution in [-0.2, 0) is 0 Å². The molecule has 0 bridgehead atoms. The highest BCUT2D eigenvalue weighted by molar-refractivity contribution is 8.00. The van der Waals surface area contributed by atoms with Crippen molar-refractivity contribution in [3.8, 4) is 0 Å². The van der Waals surface area contributed by atoms with Crippen LogP contribution in [0.2, 0.25) is 0 Å². The lowest BCUT2D eigenvalue weighted by molar-refractivity contribution is 0.131. The molecule has 0 spiro atoms. The molecule has 2 unspecified atom stereocenters. The molecule has 2 atom stereocenters. The molecule has 0 aromatic heterocycles. The van der Waals surface area contributed by atoms with E-state index in [0.717, 1.165) is 24.3 Å². The van der Waals surface area contributed by atoms with E-state index in [2.05, 4.69) is 44.5 Å². The van der Waals surface area contributed by atoms with Gasteiger partial charge < -0.3 is 5.73 Å². The largest absolute Gasteiger partial charge is 0.329 e. The third kappa shape index (κ3) is 2.65. The first kappa shape index (κ1) is 12.3. The third-order valence-corrected chi connectivity index (χ3v) is 4.57. The molecule has 0 aromatic rings. The summed E-state index contributed by atoms with van der Waals surface area (Å²) in [5.41, 5.74) is 6.22. The first-order valence-electron chi connectivity index (χ1n) is 5.53. The van der Waals surface area contributed by atoms with E-state index in [1.165, 1.54) is 12.2 Å². The van der Waals surface area contributed by atoms with Gasteiger partial charge >= 0.3 is 0 Å². The van der Waals surface area contributed by atoms with Crippen LogP contribution in [0.25, 0.3) is 0 Å². The first-order chi connectivity index (χ1) is 6.50. The van der Waals surface area contributed by atoms with Gasteiger partial charge in [0.2, 0.25) is 0 Å². The summed E-state index contributed by atoms with van der Waals surface area (Å²) in [5.74, 6) is 1.93. The minimum absolute atomic E-state index is 0.272. The van der Waals surface area contributed by atoms with Crippen LogP contribution in [0.15, 0.2) is 0 Å². The quantitative estimate of drug-likeness (QED) is 0.777. The Morgan fingerprint density at radius 2 is 2.21 bits per heavy atom. The molecule has 0 amide bonds. The van der Waals surface area contributed by atoms with Crippen LogP contribution in [0.5, 0.6) is 0 Å². The normalized spacial score (nSPS) is 33.2. The molecule has 0 aliphatic carbocycles. The molecule has 14 heavy (non-hydrogen) atoms. The Morgan fingerprint density at radius 3 is 2.57 bits per heavy atom. The predicted octanol–water partition coefficient (Wildman–Crippen LogP) is 1.80. The lowest BCUT2D eigenvalue weighted by Crippen LogP contribution is -2.53. The molecule has 1 heterocycles. The Kier molecular flexibility index (Phi) is 4.29. The van der Waals surface area contributed by atoms with E-state index in [4.69, 9.17) is 5.73 Å². The lowest BCUT2D eigenvalue weighted by Gasteiger charge is -2.38. The minimum atomic E-state index is 0.272. The number of likely N-dealkylation sites (N-methyl/N-ethyl adjacent to an activating group) is 1. The molecule has 1 saturated heterocycles. The maximum atomic E-state index is 5.95. The van der Waals surface area contributed by atoms with Crippen LogP contribution in [0, 0.1) is 5.92 Å². The second-order valence-electron chi connectivity index (χ2n) is 5.03. The SMILES string of the molecule is CC(C)CN(C)C1(CN)CSC(C)C1. The molecule has 0 saturated carbocycles. The summed E-state index contributed by atoms with van der Waals surface area (Å²) in [6, 6.07) is 0. The molecule has 0 aromatic carbocycles. The molecule has 3 heteroatoms. The van der Waals surface area contributed by atoms with Crippen LogP contribution in [-0.4, -0.2) is 41.6 Å². The van der Waals surface area contributed by atoms with Gasteiger partial charge in [-0.2, -0.15) is 11.8 Å². The van der Waals surface area contributed by atoms with E-state index in [1.54, 1.807) is 0 Å². The molecule has 2 nitrogen and oxygen atoms in total. The molecular weight excluding hydrogens is 192 g/mol. The Labute approximate surface area is 92.6 Å². The number of nitrogens with zero attached hydrogens (tertiary/aromatic N) is 1. The van der Waals surface area contributed by atoms with Gasteiger partial charge in [-0.1, -0.05) is 20.8 Å². The minimum Gasteiger partial charge on any atom is -0.329 e. The molecule has 1 aliphatic heterocycles. The molecule has 0 radical (unpaired) electrons. The van der Waals surface area contributed by atoms with E-state index >= 15 is 0 Å². The zero-order valence-corrected chi connectivity index (χ0v) is 10.7. The van der Waals surface area contributed by atoms with E-state index in [9.17, 15) is 0 Å². The Balaban J connectivity index is 2.60. The zero-order chi connectivity index (χ0) is 10.8. The number of nitrogens with two attached hydrogens (primary N) is 1. The van der Waals surface area contributed by atoms with Crippen LogP contribution in [0.1, 0.15) is 27.2 Å². The van der Waals surface area contributed by atoms with Gasteiger partial charge in [0.05, 0.1) is 0 Å². The Bertz CT molecular complexity index is 184. The Hall–Kier alpha value is 0.270. The van der Waals surface area contributed by atoms with Crippen LogP contribution in [0.4, 0.5) is 0 Å². The van der Waals surface area contributed by atoms with E-state index in [1.807, 2.05) is 0 Å². The average molecular weight is 216 g/mol. The van der Waals surface area contributed by atoms with Crippen molar-refractivity contribution in [2.75, 3.05) is 25.9 Å². The molecule has 84 valence electrons. The second kappa shape index (κ2) is 4.86. The van der Waals surface area contributed by atoms with Gasteiger partial charge in [-0.25, -0.2) is 0 Å². The number of thioether (sulfide) groups is 1. The highest BCUT2D eigenvalue weighted by Gasteiger charge is 2.40. The van der Waals surface area contributed by atoms with Crippen molar-refractivity contribution >= 4 is 11.8 Å². The summed E-state index contributed by atoms with van der Waals surface area (Å²) < 4.78 is 0. The van der Waals surface area contributed by atoms with Crippen LogP contribution in [0.3, 0.4) is 0 Å². The van der Waals surface area contributed by atoms with E-state index in [0.29, 0.717) is 0 Å². The standard InChI is InChI=1S/C11H24N2S/c1-9(2)6-13(4)11(7-12)5-10(3)14-8-11/h9-10H,5-8,12H2,1-4H3. The Morgan fingerprint density at radius 1 is 1.57 bits per heavy atom. The van der Waals surface area contributed by atoms with Crippen molar-refractivity contribution in [1.82, 2.24) is 4.90 Å². The van der Waals surface area contributed by atoms with Crippen molar-refractivity contribution < 1.29 is 0 Å². The smallest absolute Gasteiger partial charge is 0.0429 e. The van der Waals surface area contributed by atoms with Crippen molar-refractivity contribution in [3.63, 3.8) is 0 Å². The molecule has 1 aliphatic rings. The third-order valence-electron chi connectivity index (χ3n) is 3.13. The highest BCUT2D eigenvalue weighted by atomic mass is 32.2. The molecule has 1 rings (SSSR count). The van der Waals surface area contributed by atoms with Gasteiger partial charge in [-0.15, -0.1) is 0 Å². The van der Waals surface area contributed by atoms with Crippen molar-refractivity contribution in [2.45, 2.75) is 38.0 Å². The van der Waals surface area contributed by atoms with Crippen molar-refractivity contribution in [3.05, 3.63) is 0 Å². The molecular formula is C11H24N2S. The van der Waals surface area contributed by atoms with Crippen LogP contribution < -0.4 is 5.73 Å². The van der Waals surface area contributed by atoms with Gasteiger partial charge in [-0.05, 0) is 19.4 Å². The lowest BCUT2D eigenvalue weighted by atomic mass is 9.93. The van der Waals surface area contributed by atoms with Crippen LogP contribution >= 0.6 is 11.8 Å². The maximum absolute atomic E-state index is 5.95. The summed E-state index contributed by atoms with van der Waals surface area (Å²) >= 11 is 2.06. The van der Waals surface area contributed by atoms with Gasteiger partial charge in [-0.3, -0.25) is 4.90 Å². The maximum Gasteiger partial charge on any atom is 0.0429 e. The fraction of sp³-hybridized carbons (Fsp3) is 1.00. The fourth-order valence-corrected chi connectivity index (χ4v) is 3.73. The van der Waals surface area contributed by atoms with E-state index < -0.39 is 0 Å². The second-order valence-corrected chi connectivity index (χ2v) is 6.46. The fourth-order valence-electron chi connectivity index (χ4n) is 2.26. The summed E-state index contributed by atoms with van der Waals surface area (Å²) in [7, 11) is 2.23. The summed E-state index contributed by atoms with van der Waals surface area (Å²) in [6.07, 6.45) is 1.25. The highest BCUT2D eigenvalue weighted by Crippen LogP contribution is 2.37. The number of hydrogen-bond donors (Lipinski definition) is 1. The number of rotatable bonds is 4. The van der Waals surface area contributed by atoms with Gasteiger partial charge in [0, 0.05) is 29.6 Å². The zero-order valence-electron chi connectivity index (χ0n) is 9.92. The van der Waals surface area contributed by atoms with Gasteiger partial charge in [0.25, 0.3) is 0 Å². The van der Waals surface area contributed by atoms with E-state index in [-0.39, 0.29) is 5.54 Å². The average Bonchev–Trinajstić information content (AvgIpc) is 2.47. The topological polar surface area (TPSA) is 29.3 Å².